The topological polar surface area (TPSA) is 32.7 Å². The summed E-state index contributed by atoms with van der Waals surface area (Å²) in [6.07, 6.45) is 2.39. The average Bonchev–Trinajstić information content (AvgIpc) is 2.20. The van der Waals surface area contributed by atoms with E-state index in [1.165, 1.54) is 6.42 Å². The van der Waals surface area contributed by atoms with Crippen molar-refractivity contribution >= 4 is 0 Å². The summed E-state index contributed by atoms with van der Waals surface area (Å²) in [6, 6.07) is 0. The van der Waals surface area contributed by atoms with Crippen molar-refractivity contribution in [3.63, 3.8) is 0 Å². The first-order chi connectivity index (χ1) is 8.77. The van der Waals surface area contributed by atoms with Crippen LogP contribution in [0, 0.1) is 17.8 Å². The molecule has 2 rings (SSSR count). The van der Waals surface area contributed by atoms with Crippen molar-refractivity contribution in [3.05, 3.63) is 0 Å². The van der Waals surface area contributed by atoms with Gasteiger partial charge in [0.25, 0.3) is 0 Å². The van der Waals surface area contributed by atoms with E-state index in [2.05, 4.69) is 39.5 Å². The molecular weight excluding hydrogens is 238 g/mol. The fourth-order valence-electron chi connectivity index (χ4n) is 4.20. The van der Waals surface area contributed by atoms with Gasteiger partial charge in [0.15, 0.2) is 0 Å². The van der Waals surface area contributed by atoms with Crippen LogP contribution in [0.2, 0.25) is 0 Å². The summed E-state index contributed by atoms with van der Waals surface area (Å²) in [4.78, 5) is 2.49. The molecule has 5 atom stereocenters. The predicted molar refractivity (Wildman–Crippen MR) is 78.1 cm³/mol. The highest BCUT2D eigenvalue weighted by molar-refractivity contribution is 4.89. The first kappa shape index (κ1) is 15.3. The van der Waals surface area contributed by atoms with E-state index in [0.717, 1.165) is 26.1 Å². The number of morpholine rings is 1. The molecule has 0 amide bonds. The maximum atomic E-state index is 10.4. The molecule has 1 saturated carbocycles. The Bertz CT molecular complexity index is 293. The molecule has 1 aliphatic carbocycles. The van der Waals surface area contributed by atoms with E-state index in [0.29, 0.717) is 23.9 Å². The molecule has 0 bridgehead atoms. The van der Waals surface area contributed by atoms with Gasteiger partial charge in [-0.25, -0.2) is 0 Å². The largest absolute Gasteiger partial charge is 0.393 e. The Morgan fingerprint density at radius 2 is 1.89 bits per heavy atom. The van der Waals surface area contributed by atoms with Crippen LogP contribution in [0.4, 0.5) is 0 Å². The monoisotopic (exact) mass is 269 g/mol. The molecule has 0 aromatic carbocycles. The summed E-state index contributed by atoms with van der Waals surface area (Å²) < 4.78 is 5.96. The van der Waals surface area contributed by atoms with Crippen molar-refractivity contribution in [1.82, 2.24) is 4.90 Å². The molecule has 1 heterocycles. The molecule has 3 heteroatoms. The SMILES string of the molecule is CC1CC(C)C(CN2CC(C)OC(C)(C)C2)C(O)C1. The van der Waals surface area contributed by atoms with Gasteiger partial charge in [-0.2, -0.15) is 0 Å². The van der Waals surface area contributed by atoms with Crippen molar-refractivity contribution < 1.29 is 9.84 Å². The molecule has 0 aromatic heterocycles. The number of aliphatic hydroxyl groups is 1. The van der Waals surface area contributed by atoms with Crippen LogP contribution in [0.15, 0.2) is 0 Å². The third-order valence-corrected chi connectivity index (χ3v) is 4.75. The highest BCUT2D eigenvalue weighted by Crippen LogP contribution is 2.35. The minimum atomic E-state index is -0.125. The van der Waals surface area contributed by atoms with Crippen LogP contribution in [0.25, 0.3) is 0 Å². The molecule has 2 aliphatic rings. The Morgan fingerprint density at radius 3 is 2.47 bits per heavy atom. The minimum Gasteiger partial charge on any atom is -0.393 e. The first-order valence-electron chi connectivity index (χ1n) is 7.85. The van der Waals surface area contributed by atoms with Gasteiger partial charge < -0.3 is 9.84 Å². The molecule has 0 aromatic rings. The Balaban J connectivity index is 1.96. The third kappa shape index (κ3) is 3.93. The zero-order valence-corrected chi connectivity index (χ0v) is 13.2. The maximum Gasteiger partial charge on any atom is 0.0757 e. The molecule has 1 saturated heterocycles. The molecule has 0 spiro atoms. The number of hydrogen-bond donors (Lipinski definition) is 1. The van der Waals surface area contributed by atoms with E-state index in [4.69, 9.17) is 4.74 Å². The molecular formula is C16H31NO2. The summed E-state index contributed by atoms with van der Waals surface area (Å²) in [7, 11) is 0. The first-order valence-corrected chi connectivity index (χ1v) is 7.85. The van der Waals surface area contributed by atoms with Crippen LogP contribution in [-0.2, 0) is 4.74 Å². The van der Waals surface area contributed by atoms with E-state index in [1.807, 2.05) is 0 Å². The van der Waals surface area contributed by atoms with Gasteiger partial charge >= 0.3 is 0 Å². The third-order valence-electron chi connectivity index (χ3n) is 4.75. The second-order valence-corrected chi connectivity index (χ2v) is 7.67. The zero-order chi connectivity index (χ0) is 14.2. The number of hydrogen-bond acceptors (Lipinski definition) is 3. The summed E-state index contributed by atoms with van der Waals surface area (Å²) in [5.41, 5.74) is -0.0617. The van der Waals surface area contributed by atoms with Gasteiger partial charge in [0.05, 0.1) is 17.8 Å². The number of ether oxygens (including phenoxy) is 1. The number of aliphatic hydroxyl groups excluding tert-OH is 1. The summed E-state index contributed by atoms with van der Waals surface area (Å²) in [5, 5.41) is 10.4. The molecule has 5 unspecified atom stereocenters. The second-order valence-electron chi connectivity index (χ2n) is 7.67. The standard InChI is InChI=1S/C16H31NO2/c1-11-6-12(2)14(15(18)7-11)9-17-8-13(3)19-16(4,5)10-17/h11-15,18H,6-10H2,1-5H3. The molecule has 0 radical (unpaired) electrons. The van der Waals surface area contributed by atoms with E-state index in [-0.39, 0.29) is 11.7 Å². The highest BCUT2D eigenvalue weighted by atomic mass is 16.5. The lowest BCUT2D eigenvalue weighted by Crippen LogP contribution is -2.54. The van der Waals surface area contributed by atoms with Gasteiger partial charge in [-0.15, -0.1) is 0 Å². The van der Waals surface area contributed by atoms with E-state index in [1.54, 1.807) is 0 Å². The molecule has 2 fully saturated rings. The van der Waals surface area contributed by atoms with Crippen molar-refractivity contribution in [1.29, 1.82) is 0 Å². The average molecular weight is 269 g/mol. The van der Waals surface area contributed by atoms with Crippen molar-refractivity contribution in [2.75, 3.05) is 19.6 Å². The molecule has 3 nitrogen and oxygen atoms in total. The van der Waals surface area contributed by atoms with E-state index >= 15 is 0 Å². The number of rotatable bonds is 2. The van der Waals surface area contributed by atoms with E-state index < -0.39 is 0 Å². The lowest BCUT2D eigenvalue weighted by molar-refractivity contribution is -0.137. The minimum absolute atomic E-state index is 0.0617. The smallest absolute Gasteiger partial charge is 0.0757 e. The van der Waals surface area contributed by atoms with E-state index in [9.17, 15) is 5.11 Å². The quantitative estimate of drug-likeness (QED) is 0.836. The van der Waals surface area contributed by atoms with Gasteiger partial charge in [-0.3, -0.25) is 4.90 Å². The predicted octanol–water partition coefficient (Wildman–Crippen LogP) is 2.53. The fourth-order valence-corrected chi connectivity index (χ4v) is 4.20. The normalized spacial score (nSPS) is 44.2. The highest BCUT2D eigenvalue weighted by Gasteiger charge is 2.37. The van der Waals surface area contributed by atoms with Gasteiger partial charge in [0.1, 0.15) is 0 Å². The molecule has 112 valence electrons. The summed E-state index contributed by atoms with van der Waals surface area (Å²) in [5.74, 6) is 1.72. The van der Waals surface area contributed by atoms with Gasteiger partial charge in [0, 0.05) is 25.6 Å². The van der Waals surface area contributed by atoms with Crippen LogP contribution < -0.4 is 0 Å². The fraction of sp³-hybridized carbons (Fsp3) is 1.00. The van der Waals surface area contributed by atoms with Gasteiger partial charge in [-0.1, -0.05) is 13.8 Å². The number of nitrogens with zero attached hydrogens (tertiary/aromatic N) is 1. The van der Waals surface area contributed by atoms with Crippen LogP contribution in [0.3, 0.4) is 0 Å². The molecule has 1 aliphatic heterocycles. The van der Waals surface area contributed by atoms with Crippen molar-refractivity contribution in [2.45, 2.75) is 65.3 Å². The Hall–Kier alpha value is -0.120. The molecule has 19 heavy (non-hydrogen) atoms. The Kier molecular flexibility index (Phi) is 4.59. The maximum absolute atomic E-state index is 10.4. The van der Waals surface area contributed by atoms with Gasteiger partial charge in [-0.05, 0) is 45.4 Å². The lowest BCUT2D eigenvalue weighted by Gasteiger charge is -2.45. The summed E-state index contributed by atoms with van der Waals surface area (Å²) >= 11 is 0. The van der Waals surface area contributed by atoms with Crippen molar-refractivity contribution in [3.8, 4) is 0 Å². The lowest BCUT2D eigenvalue weighted by atomic mass is 9.73. The molecule has 1 N–H and O–H groups in total. The second kappa shape index (κ2) is 5.71. The van der Waals surface area contributed by atoms with Crippen LogP contribution in [-0.4, -0.2) is 47.4 Å². The Morgan fingerprint density at radius 1 is 1.21 bits per heavy atom. The Labute approximate surface area is 118 Å². The summed E-state index contributed by atoms with van der Waals surface area (Å²) in [6.45, 7) is 14.0. The van der Waals surface area contributed by atoms with Crippen molar-refractivity contribution in [2.24, 2.45) is 17.8 Å². The zero-order valence-electron chi connectivity index (χ0n) is 13.2. The van der Waals surface area contributed by atoms with Gasteiger partial charge in [0.2, 0.25) is 0 Å². The van der Waals surface area contributed by atoms with Crippen LogP contribution in [0.1, 0.15) is 47.5 Å². The van der Waals surface area contributed by atoms with Crippen LogP contribution >= 0.6 is 0 Å². The van der Waals surface area contributed by atoms with Crippen LogP contribution in [0.5, 0.6) is 0 Å².